The summed E-state index contributed by atoms with van der Waals surface area (Å²) in [4.78, 5) is 1.27. The van der Waals surface area contributed by atoms with Crippen molar-refractivity contribution in [1.82, 2.24) is 4.57 Å². The maximum atomic E-state index is 7.46. The molecule has 1 saturated heterocycles. The lowest BCUT2D eigenvalue weighted by Crippen LogP contribution is -2.33. The summed E-state index contributed by atoms with van der Waals surface area (Å²) in [5.74, 6) is 0. The largest absolute Gasteiger partial charge is 0.350 e. The van der Waals surface area contributed by atoms with E-state index in [0.29, 0.717) is 0 Å². The molecular weight excluding hydrogens is 410 g/mol. The van der Waals surface area contributed by atoms with Crippen LogP contribution in [0.2, 0.25) is 0 Å². The second-order valence-corrected chi connectivity index (χ2v) is 9.58. The maximum Gasteiger partial charge on any atom is 0.131 e. The van der Waals surface area contributed by atoms with Gasteiger partial charge in [-0.15, -0.1) is 11.3 Å². The van der Waals surface area contributed by atoms with Crippen molar-refractivity contribution >= 4 is 22.2 Å². The van der Waals surface area contributed by atoms with Crippen molar-refractivity contribution in [3.05, 3.63) is 130 Å². The molecule has 0 aliphatic carbocycles. The molecule has 0 N–H and O–H groups in total. The number of ether oxygens (including phenoxy) is 1. The van der Waals surface area contributed by atoms with Crippen molar-refractivity contribution in [3.63, 3.8) is 0 Å². The first-order valence-corrected chi connectivity index (χ1v) is 12.0. The average Bonchev–Trinajstić information content (AvgIpc) is 3.60. The van der Waals surface area contributed by atoms with E-state index in [1.165, 1.54) is 32.5 Å². The SMILES string of the molecule is Cn1cc(C2(c3cccs3)CCC(c3ccccc3)(c3ccccc3)O2)c2ccccc21. The van der Waals surface area contributed by atoms with Crippen LogP contribution in [0, 0.1) is 0 Å². The predicted molar refractivity (Wildman–Crippen MR) is 132 cm³/mol. The van der Waals surface area contributed by atoms with Crippen molar-refractivity contribution < 1.29 is 4.74 Å². The quantitative estimate of drug-likeness (QED) is 0.290. The van der Waals surface area contributed by atoms with Crippen molar-refractivity contribution in [1.29, 1.82) is 0 Å². The Morgan fingerprint density at radius 1 is 0.719 bits per heavy atom. The van der Waals surface area contributed by atoms with E-state index in [4.69, 9.17) is 4.74 Å². The van der Waals surface area contributed by atoms with Crippen molar-refractivity contribution in [2.24, 2.45) is 7.05 Å². The third kappa shape index (κ3) is 2.82. The number of aromatic nitrogens is 1. The highest BCUT2D eigenvalue weighted by Gasteiger charge is 2.54. The second kappa shape index (κ2) is 7.47. The molecule has 1 aliphatic rings. The van der Waals surface area contributed by atoms with Crippen LogP contribution in [0.4, 0.5) is 0 Å². The van der Waals surface area contributed by atoms with Crippen LogP contribution >= 0.6 is 11.3 Å². The first-order chi connectivity index (χ1) is 15.7. The van der Waals surface area contributed by atoms with Gasteiger partial charge in [0.15, 0.2) is 0 Å². The van der Waals surface area contributed by atoms with Crippen LogP contribution in [0.15, 0.2) is 109 Å². The van der Waals surface area contributed by atoms with Crippen LogP contribution in [0.3, 0.4) is 0 Å². The molecule has 6 rings (SSSR count). The van der Waals surface area contributed by atoms with E-state index in [2.05, 4.69) is 120 Å². The zero-order chi connectivity index (χ0) is 21.6. The minimum absolute atomic E-state index is 0.497. The Morgan fingerprint density at radius 3 is 2.00 bits per heavy atom. The molecule has 1 unspecified atom stereocenters. The van der Waals surface area contributed by atoms with Gasteiger partial charge in [0.25, 0.3) is 0 Å². The second-order valence-electron chi connectivity index (χ2n) is 8.64. The molecule has 3 aromatic carbocycles. The molecule has 1 fully saturated rings. The van der Waals surface area contributed by atoms with Gasteiger partial charge in [0, 0.05) is 34.6 Å². The fourth-order valence-electron chi connectivity index (χ4n) is 5.41. The number of para-hydroxylation sites is 1. The van der Waals surface area contributed by atoms with Gasteiger partial charge in [0.2, 0.25) is 0 Å². The van der Waals surface area contributed by atoms with Gasteiger partial charge in [-0.1, -0.05) is 84.9 Å². The van der Waals surface area contributed by atoms with E-state index < -0.39 is 11.2 Å². The molecule has 2 nitrogen and oxygen atoms in total. The van der Waals surface area contributed by atoms with E-state index in [1.807, 2.05) is 0 Å². The number of hydrogen-bond acceptors (Lipinski definition) is 2. The third-order valence-corrected chi connectivity index (χ3v) is 7.92. The Hall–Kier alpha value is -3.14. The maximum absolute atomic E-state index is 7.46. The summed E-state index contributed by atoms with van der Waals surface area (Å²) in [6, 6.07) is 34.5. The Morgan fingerprint density at radius 2 is 1.34 bits per heavy atom. The normalized spacial score (nSPS) is 20.0. The van der Waals surface area contributed by atoms with Crippen molar-refractivity contribution in [2.45, 2.75) is 24.0 Å². The number of nitrogens with zero attached hydrogens (tertiary/aromatic N) is 1. The highest BCUT2D eigenvalue weighted by atomic mass is 32.1. The highest BCUT2D eigenvalue weighted by Crippen LogP contribution is 2.57. The smallest absolute Gasteiger partial charge is 0.131 e. The standard InChI is InChI=1S/C29H25NOS/c1-30-21-25(24-15-8-9-16-26(24)30)29(27-17-10-20-32-27)19-18-28(31-29,22-11-4-2-5-12-22)23-13-6-3-7-14-23/h2-17,20-21H,18-19H2,1H3. The summed E-state index contributed by atoms with van der Waals surface area (Å²) in [5.41, 5.74) is 3.92. The van der Waals surface area contributed by atoms with Gasteiger partial charge in [0.1, 0.15) is 11.2 Å². The van der Waals surface area contributed by atoms with Crippen molar-refractivity contribution in [2.75, 3.05) is 0 Å². The number of aryl methyl sites for hydroxylation is 1. The molecule has 0 spiro atoms. The average molecular weight is 436 g/mol. The zero-order valence-electron chi connectivity index (χ0n) is 18.1. The summed E-state index contributed by atoms with van der Waals surface area (Å²) in [6.07, 6.45) is 4.11. The number of thiophene rings is 1. The Bertz CT molecular complexity index is 1320. The van der Waals surface area contributed by atoms with Gasteiger partial charge in [-0.3, -0.25) is 0 Å². The number of benzene rings is 3. The summed E-state index contributed by atoms with van der Waals surface area (Å²) < 4.78 is 9.69. The molecule has 32 heavy (non-hydrogen) atoms. The molecule has 1 aliphatic heterocycles. The van der Waals surface area contributed by atoms with Crippen LogP contribution < -0.4 is 0 Å². The van der Waals surface area contributed by atoms with Gasteiger partial charge < -0.3 is 9.30 Å². The monoisotopic (exact) mass is 435 g/mol. The topological polar surface area (TPSA) is 14.2 Å². The number of hydrogen-bond donors (Lipinski definition) is 0. The first kappa shape index (κ1) is 19.5. The number of fused-ring (bicyclic) bond motifs is 1. The van der Waals surface area contributed by atoms with Gasteiger partial charge in [-0.2, -0.15) is 0 Å². The summed E-state index contributed by atoms with van der Waals surface area (Å²) in [5, 5.41) is 3.43. The van der Waals surface area contributed by atoms with Crippen LogP contribution in [-0.4, -0.2) is 4.57 Å². The fraction of sp³-hybridized carbons (Fsp3) is 0.172. The lowest BCUT2D eigenvalue weighted by Gasteiger charge is -2.36. The molecule has 0 saturated carbocycles. The summed E-state index contributed by atoms with van der Waals surface area (Å²) in [7, 11) is 2.13. The third-order valence-electron chi connectivity index (χ3n) is 6.91. The van der Waals surface area contributed by atoms with Gasteiger partial charge in [0.05, 0.1) is 0 Å². The first-order valence-electron chi connectivity index (χ1n) is 11.1. The van der Waals surface area contributed by atoms with Gasteiger partial charge >= 0.3 is 0 Å². The van der Waals surface area contributed by atoms with Gasteiger partial charge in [-0.25, -0.2) is 0 Å². The summed E-state index contributed by atoms with van der Waals surface area (Å²) >= 11 is 1.79. The highest BCUT2D eigenvalue weighted by molar-refractivity contribution is 7.10. The Balaban J connectivity index is 1.61. The van der Waals surface area contributed by atoms with Crippen molar-refractivity contribution in [3.8, 4) is 0 Å². The molecule has 2 aromatic heterocycles. The van der Waals surface area contributed by atoms with E-state index in [-0.39, 0.29) is 0 Å². The Labute approximate surface area is 192 Å². The van der Waals surface area contributed by atoms with Gasteiger partial charge in [-0.05, 0) is 41.5 Å². The fourth-order valence-corrected chi connectivity index (χ4v) is 6.31. The van der Waals surface area contributed by atoms with Crippen LogP contribution in [-0.2, 0) is 23.0 Å². The molecule has 0 amide bonds. The number of rotatable bonds is 4. The molecule has 158 valence electrons. The predicted octanol–water partition coefficient (Wildman–Crippen LogP) is 7.24. The van der Waals surface area contributed by atoms with E-state index in [9.17, 15) is 0 Å². The molecule has 0 radical (unpaired) electrons. The minimum Gasteiger partial charge on any atom is -0.350 e. The molecule has 3 heterocycles. The zero-order valence-corrected chi connectivity index (χ0v) is 18.9. The van der Waals surface area contributed by atoms with E-state index in [0.717, 1.165) is 12.8 Å². The summed E-state index contributed by atoms with van der Waals surface area (Å²) in [6.45, 7) is 0. The van der Waals surface area contributed by atoms with Crippen LogP contribution in [0.5, 0.6) is 0 Å². The molecule has 1 atom stereocenters. The molecule has 0 bridgehead atoms. The molecular formula is C29H25NOS. The molecule has 5 aromatic rings. The lowest BCUT2D eigenvalue weighted by molar-refractivity contribution is -0.0655. The van der Waals surface area contributed by atoms with Crippen LogP contribution in [0.25, 0.3) is 10.9 Å². The minimum atomic E-state index is -0.499. The lowest BCUT2D eigenvalue weighted by atomic mass is 9.82. The van der Waals surface area contributed by atoms with Crippen LogP contribution in [0.1, 0.15) is 34.4 Å². The van der Waals surface area contributed by atoms with E-state index in [1.54, 1.807) is 11.3 Å². The Kier molecular flexibility index (Phi) is 4.56. The van der Waals surface area contributed by atoms with E-state index >= 15 is 0 Å². The molecule has 3 heteroatoms.